The van der Waals surface area contributed by atoms with E-state index in [1.54, 1.807) is 13.2 Å². The maximum absolute atomic E-state index is 5.54. The number of unbranched alkanes of at least 4 members (excludes halogenated alkanes) is 1. The van der Waals surface area contributed by atoms with Crippen LogP contribution < -0.4 is 10.6 Å². The normalized spacial score (nSPS) is 11.2. The van der Waals surface area contributed by atoms with Crippen LogP contribution in [-0.4, -0.2) is 60.5 Å². The lowest BCUT2D eigenvalue weighted by Gasteiger charge is -2.12. The third-order valence-electron chi connectivity index (χ3n) is 4.12. The Balaban J connectivity index is 0.00000420. The molecule has 0 amide bonds. The van der Waals surface area contributed by atoms with Crippen molar-refractivity contribution in [3.8, 4) is 5.82 Å². The number of ether oxygens (including phenoxy) is 2. The van der Waals surface area contributed by atoms with Crippen LogP contribution in [0, 0.1) is 6.92 Å². The highest BCUT2D eigenvalue weighted by atomic mass is 127. The van der Waals surface area contributed by atoms with Crippen molar-refractivity contribution in [2.45, 2.75) is 33.2 Å². The summed E-state index contributed by atoms with van der Waals surface area (Å²) in [5.74, 6) is 2.51. The van der Waals surface area contributed by atoms with E-state index < -0.39 is 0 Å². The van der Waals surface area contributed by atoms with Gasteiger partial charge >= 0.3 is 0 Å². The number of aliphatic imine (C=N–C) groups is 1. The Morgan fingerprint density at radius 2 is 1.90 bits per heavy atom. The number of aromatic nitrogens is 3. The number of guanidine groups is 1. The summed E-state index contributed by atoms with van der Waals surface area (Å²) in [7, 11) is 1.75. The van der Waals surface area contributed by atoms with Crippen molar-refractivity contribution in [1.82, 2.24) is 25.2 Å². The molecule has 2 aromatic heterocycles. The molecule has 8 nitrogen and oxygen atoms in total. The molecule has 0 aliphatic rings. The lowest BCUT2D eigenvalue weighted by Crippen LogP contribution is -2.38. The summed E-state index contributed by atoms with van der Waals surface area (Å²) in [5.41, 5.74) is 1.07. The van der Waals surface area contributed by atoms with E-state index in [4.69, 9.17) is 9.47 Å². The molecule has 2 N–H and O–H groups in total. The lowest BCUT2D eigenvalue weighted by atomic mass is 10.3. The number of pyridine rings is 1. The van der Waals surface area contributed by atoms with Crippen LogP contribution in [0.2, 0.25) is 0 Å². The first-order valence-corrected chi connectivity index (χ1v) is 9.80. The molecule has 2 heterocycles. The van der Waals surface area contributed by atoms with Gasteiger partial charge in [-0.05, 0) is 25.0 Å². The zero-order chi connectivity index (χ0) is 20.0. The summed E-state index contributed by atoms with van der Waals surface area (Å²) in [4.78, 5) is 12.9. The van der Waals surface area contributed by atoms with Gasteiger partial charge in [0, 0.05) is 45.3 Å². The van der Waals surface area contributed by atoms with Crippen LogP contribution in [0.15, 0.2) is 35.7 Å². The summed E-state index contributed by atoms with van der Waals surface area (Å²) in [6.45, 7) is 8.12. The van der Waals surface area contributed by atoms with Gasteiger partial charge in [-0.2, -0.15) is 0 Å². The van der Waals surface area contributed by atoms with Gasteiger partial charge in [-0.25, -0.2) is 9.97 Å². The lowest BCUT2D eigenvalue weighted by molar-refractivity contribution is 0.0487. The zero-order valence-corrected chi connectivity index (χ0v) is 19.9. The van der Waals surface area contributed by atoms with Crippen LogP contribution >= 0.6 is 24.0 Å². The molecule has 0 saturated heterocycles. The van der Waals surface area contributed by atoms with E-state index in [0.717, 1.165) is 42.6 Å². The van der Waals surface area contributed by atoms with Gasteiger partial charge in [0.15, 0.2) is 5.96 Å². The minimum atomic E-state index is 0. The topological polar surface area (TPSA) is 85.6 Å². The van der Waals surface area contributed by atoms with Crippen molar-refractivity contribution >= 4 is 29.9 Å². The molecule has 29 heavy (non-hydrogen) atoms. The second-order valence-electron chi connectivity index (χ2n) is 6.30. The molecule has 0 atom stereocenters. The van der Waals surface area contributed by atoms with Gasteiger partial charge in [-0.15, -0.1) is 24.0 Å². The Kier molecular flexibility index (Phi) is 13.2. The standard InChI is InChI=1S/C20H32N6O2.HI/c1-4-5-11-27-13-14-28-12-9-23-20(21-3)25-16-18-6-7-19(24-15-18)26-10-8-22-17(26)2;/h6-8,10,15H,4-5,9,11-14,16H2,1-3H3,(H2,21,23,25);1H. The monoisotopic (exact) mass is 516 g/mol. The Morgan fingerprint density at radius 3 is 2.52 bits per heavy atom. The minimum absolute atomic E-state index is 0. The van der Waals surface area contributed by atoms with Crippen molar-refractivity contribution < 1.29 is 9.47 Å². The molecule has 9 heteroatoms. The van der Waals surface area contributed by atoms with Crippen molar-refractivity contribution in [3.63, 3.8) is 0 Å². The minimum Gasteiger partial charge on any atom is -0.379 e. The van der Waals surface area contributed by atoms with Gasteiger partial charge in [-0.1, -0.05) is 19.4 Å². The molecule has 0 unspecified atom stereocenters. The Morgan fingerprint density at radius 1 is 1.10 bits per heavy atom. The van der Waals surface area contributed by atoms with Crippen LogP contribution in [0.5, 0.6) is 0 Å². The fourth-order valence-corrected chi connectivity index (χ4v) is 2.50. The SMILES string of the molecule is CCCCOCCOCCNC(=NC)NCc1ccc(-n2ccnc2C)nc1.I. The van der Waals surface area contributed by atoms with Crippen molar-refractivity contribution in [3.05, 3.63) is 42.1 Å². The summed E-state index contributed by atoms with van der Waals surface area (Å²) in [6, 6.07) is 4.03. The van der Waals surface area contributed by atoms with Crippen LogP contribution in [0.3, 0.4) is 0 Å². The average Bonchev–Trinajstić information content (AvgIpc) is 3.15. The number of halogens is 1. The molecular formula is C20H33IN6O2. The molecule has 0 aliphatic heterocycles. The van der Waals surface area contributed by atoms with Gasteiger partial charge in [-0.3, -0.25) is 9.56 Å². The fraction of sp³-hybridized carbons (Fsp3) is 0.550. The molecule has 0 spiro atoms. The van der Waals surface area contributed by atoms with Crippen LogP contribution in [-0.2, 0) is 16.0 Å². The maximum Gasteiger partial charge on any atom is 0.191 e. The van der Waals surface area contributed by atoms with Crippen LogP contribution in [0.25, 0.3) is 5.82 Å². The molecule has 0 fully saturated rings. The maximum atomic E-state index is 5.54. The number of nitrogens with zero attached hydrogens (tertiary/aromatic N) is 4. The van der Waals surface area contributed by atoms with Crippen molar-refractivity contribution in [2.24, 2.45) is 4.99 Å². The largest absolute Gasteiger partial charge is 0.379 e. The van der Waals surface area contributed by atoms with Gasteiger partial charge in [0.1, 0.15) is 11.6 Å². The van der Waals surface area contributed by atoms with Gasteiger partial charge in [0.2, 0.25) is 0 Å². The second-order valence-corrected chi connectivity index (χ2v) is 6.30. The summed E-state index contributed by atoms with van der Waals surface area (Å²) in [5, 5.41) is 6.51. The highest BCUT2D eigenvalue weighted by molar-refractivity contribution is 14.0. The van der Waals surface area contributed by atoms with Crippen molar-refractivity contribution in [2.75, 3.05) is 40.0 Å². The molecule has 2 aromatic rings. The first-order valence-electron chi connectivity index (χ1n) is 9.80. The summed E-state index contributed by atoms with van der Waals surface area (Å²) in [6.07, 6.45) is 7.79. The second kappa shape index (κ2) is 15.2. The molecule has 0 radical (unpaired) electrons. The number of rotatable bonds is 12. The first kappa shape index (κ1) is 25.3. The first-order chi connectivity index (χ1) is 13.7. The Hall–Kier alpha value is -1.72. The fourth-order valence-electron chi connectivity index (χ4n) is 2.50. The van der Waals surface area contributed by atoms with Gasteiger partial charge < -0.3 is 20.1 Å². The highest BCUT2D eigenvalue weighted by Gasteiger charge is 2.03. The molecule has 0 aliphatic carbocycles. The third kappa shape index (κ3) is 9.55. The Labute approximate surface area is 190 Å². The van der Waals surface area contributed by atoms with E-state index >= 15 is 0 Å². The average molecular weight is 516 g/mol. The molecule has 0 aromatic carbocycles. The number of hydrogen-bond acceptors (Lipinski definition) is 5. The quantitative estimate of drug-likeness (QED) is 0.195. The summed E-state index contributed by atoms with van der Waals surface area (Å²) < 4.78 is 12.9. The van der Waals surface area contributed by atoms with E-state index in [-0.39, 0.29) is 24.0 Å². The van der Waals surface area contributed by atoms with E-state index in [1.165, 1.54) is 0 Å². The van der Waals surface area contributed by atoms with E-state index in [0.29, 0.717) is 32.9 Å². The van der Waals surface area contributed by atoms with Crippen LogP contribution in [0.1, 0.15) is 31.2 Å². The van der Waals surface area contributed by atoms with Crippen LogP contribution in [0.4, 0.5) is 0 Å². The van der Waals surface area contributed by atoms with E-state index in [2.05, 4.69) is 32.5 Å². The predicted octanol–water partition coefficient (Wildman–Crippen LogP) is 2.69. The zero-order valence-electron chi connectivity index (χ0n) is 17.6. The number of nitrogens with one attached hydrogen (secondary N) is 2. The highest BCUT2D eigenvalue weighted by Crippen LogP contribution is 2.08. The van der Waals surface area contributed by atoms with Gasteiger partial charge in [0.05, 0.1) is 19.8 Å². The van der Waals surface area contributed by atoms with E-state index in [9.17, 15) is 0 Å². The third-order valence-corrected chi connectivity index (χ3v) is 4.12. The Bertz CT molecular complexity index is 705. The predicted molar refractivity (Wildman–Crippen MR) is 126 cm³/mol. The number of imidazole rings is 1. The summed E-state index contributed by atoms with van der Waals surface area (Å²) >= 11 is 0. The molecule has 2 rings (SSSR count). The smallest absolute Gasteiger partial charge is 0.191 e. The van der Waals surface area contributed by atoms with E-state index in [1.807, 2.05) is 36.0 Å². The van der Waals surface area contributed by atoms with Crippen molar-refractivity contribution in [1.29, 1.82) is 0 Å². The molecule has 0 saturated carbocycles. The van der Waals surface area contributed by atoms with Gasteiger partial charge in [0.25, 0.3) is 0 Å². The molecule has 162 valence electrons. The molecule has 0 bridgehead atoms. The number of hydrogen-bond donors (Lipinski definition) is 2. The molecular weight excluding hydrogens is 483 g/mol. The number of aryl methyl sites for hydroxylation is 1.